The summed E-state index contributed by atoms with van der Waals surface area (Å²) in [7, 11) is 0. The zero-order valence-electron chi connectivity index (χ0n) is 15.1. The van der Waals surface area contributed by atoms with Gasteiger partial charge < -0.3 is 14.7 Å². The van der Waals surface area contributed by atoms with Gasteiger partial charge >= 0.3 is 5.97 Å². The monoisotopic (exact) mass is 365 g/mol. The summed E-state index contributed by atoms with van der Waals surface area (Å²) in [5, 5.41) is 9.63. The number of aliphatic carboxylic acids is 1. The zero-order valence-corrected chi connectivity index (χ0v) is 15.1. The molecular weight excluding hydrogens is 342 g/mol. The SMILES string of the molecule is O=C(O)[C@@H]1CN(C(=O)CC2OCCc3ccccc32)C[C@@H]1c1ccccc1. The van der Waals surface area contributed by atoms with E-state index in [-0.39, 0.29) is 30.9 Å². The summed E-state index contributed by atoms with van der Waals surface area (Å²) in [5.41, 5.74) is 3.28. The molecule has 0 aliphatic carbocycles. The number of likely N-dealkylation sites (tertiary alicyclic amines) is 1. The molecule has 1 amide bonds. The van der Waals surface area contributed by atoms with E-state index in [1.165, 1.54) is 5.56 Å². The maximum absolute atomic E-state index is 12.9. The van der Waals surface area contributed by atoms with E-state index in [4.69, 9.17) is 4.74 Å². The van der Waals surface area contributed by atoms with Crippen LogP contribution in [-0.4, -0.2) is 41.6 Å². The van der Waals surface area contributed by atoms with E-state index in [0.29, 0.717) is 13.2 Å². The van der Waals surface area contributed by atoms with Crippen LogP contribution >= 0.6 is 0 Å². The Balaban J connectivity index is 1.49. The number of carbonyl (C=O) groups excluding carboxylic acids is 1. The summed E-state index contributed by atoms with van der Waals surface area (Å²) in [6.07, 6.45) is 0.869. The van der Waals surface area contributed by atoms with E-state index >= 15 is 0 Å². The smallest absolute Gasteiger partial charge is 0.308 e. The molecule has 1 N–H and O–H groups in total. The minimum Gasteiger partial charge on any atom is -0.481 e. The second kappa shape index (κ2) is 7.53. The van der Waals surface area contributed by atoms with E-state index in [9.17, 15) is 14.7 Å². The first-order valence-electron chi connectivity index (χ1n) is 9.38. The van der Waals surface area contributed by atoms with Crippen LogP contribution in [0.1, 0.15) is 35.1 Å². The first-order chi connectivity index (χ1) is 13.1. The van der Waals surface area contributed by atoms with Crippen LogP contribution in [0.3, 0.4) is 0 Å². The van der Waals surface area contributed by atoms with E-state index in [1.807, 2.05) is 48.5 Å². The summed E-state index contributed by atoms with van der Waals surface area (Å²) in [5.74, 6) is -1.64. The average molecular weight is 365 g/mol. The third kappa shape index (κ3) is 3.60. The van der Waals surface area contributed by atoms with Crippen LogP contribution in [0.5, 0.6) is 0 Å². The second-order valence-corrected chi connectivity index (χ2v) is 7.27. The minimum absolute atomic E-state index is 0.0404. The number of carboxylic acids is 1. The van der Waals surface area contributed by atoms with Gasteiger partial charge in [0, 0.05) is 19.0 Å². The topological polar surface area (TPSA) is 66.8 Å². The number of benzene rings is 2. The van der Waals surface area contributed by atoms with Crippen LogP contribution in [0.25, 0.3) is 0 Å². The van der Waals surface area contributed by atoms with Gasteiger partial charge in [-0.1, -0.05) is 54.6 Å². The van der Waals surface area contributed by atoms with E-state index in [1.54, 1.807) is 4.90 Å². The molecule has 2 aromatic carbocycles. The molecule has 0 saturated carbocycles. The van der Waals surface area contributed by atoms with Gasteiger partial charge in [0.15, 0.2) is 0 Å². The van der Waals surface area contributed by atoms with E-state index in [0.717, 1.165) is 17.5 Å². The summed E-state index contributed by atoms with van der Waals surface area (Å²) in [6.45, 7) is 1.30. The number of nitrogens with zero attached hydrogens (tertiary/aromatic N) is 1. The Labute approximate surface area is 158 Å². The molecule has 1 saturated heterocycles. The first kappa shape index (κ1) is 17.7. The van der Waals surface area contributed by atoms with Crippen LogP contribution in [0.2, 0.25) is 0 Å². The molecule has 3 atom stereocenters. The van der Waals surface area contributed by atoms with Crippen molar-refractivity contribution in [2.75, 3.05) is 19.7 Å². The Morgan fingerprint density at radius 2 is 1.78 bits per heavy atom. The molecule has 2 aromatic rings. The molecule has 2 heterocycles. The molecular formula is C22H23NO4. The van der Waals surface area contributed by atoms with Crippen molar-refractivity contribution in [2.24, 2.45) is 5.92 Å². The van der Waals surface area contributed by atoms with Gasteiger partial charge in [-0.05, 0) is 23.1 Å². The van der Waals surface area contributed by atoms with Crippen molar-refractivity contribution < 1.29 is 19.4 Å². The van der Waals surface area contributed by atoms with Crippen molar-refractivity contribution >= 4 is 11.9 Å². The lowest BCUT2D eigenvalue weighted by Crippen LogP contribution is -2.32. The number of hydrogen-bond acceptors (Lipinski definition) is 3. The molecule has 140 valence electrons. The lowest BCUT2D eigenvalue weighted by atomic mass is 9.89. The highest BCUT2D eigenvalue weighted by Gasteiger charge is 2.41. The molecule has 2 aliphatic heterocycles. The maximum atomic E-state index is 12.9. The number of ether oxygens (including phenoxy) is 1. The van der Waals surface area contributed by atoms with Gasteiger partial charge in [-0.25, -0.2) is 0 Å². The van der Waals surface area contributed by atoms with Crippen LogP contribution in [0.15, 0.2) is 54.6 Å². The molecule has 0 spiro atoms. The molecule has 1 fully saturated rings. The normalized spacial score (nSPS) is 24.4. The molecule has 5 heteroatoms. The predicted molar refractivity (Wildman–Crippen MR) is 100 cm³/mol. The second-order valence-electron chi connectivity index (χ2n) is 7.27. The van der Waals surface area contributed by atoms with Crippen molar-refractivity contribution in [1.82, 2.24) is 4.90 Å². The summed E-state index contributed by atoms with van der Waals surface area (Å²) >= 11 is 0. The van der Waals surface area contributed by atoms with Gasteiger partial charge in [-0.15, -0.1) is 0 Å². The predicted octanol–water partition coefficient (Wildman–Crippen LogP) is 3.02. The molecule has 0 aromatic heterocycles. The number of rotatable bonds is 4. The quantitative estimate of drug-likeness (QED) is 0.904. The largest absolute Gasteiger partial charge is 0.481 e. The number of hydrogen-bond donors (Lipinski definition) is 1. The average Bonchev–Trinajstić information content (AvgIpc) is 3.15. The fourth-order valence-corrected chi connectivity index (χ4v) is 4.23. The molecule has 27 heavy (non-hydrogen) atoms. The Hall–Kier alpha value is -2.66. The third-order valence-corrected chi connectivity index (χ3v) is 5.67. The molecule has 4 rings (SSSR count). The fraction of sp³-hybridized carbons (Fsp3) is 0.364. The molecule has 0 radical (unpaired) electrons. The van der Waals surface area contributed by atoms with Gasteiger partial charge in [-0.2, -0.15) is 0 Å². The lowest BCUT2D eigenvalue weighted by Gasteiger charge is -2.27. The number of amides is 1. The molecule has 2 aliphatic rings. The first-order valence-corrected chi connectivity index (χ1v) is 9.38. The number of fused-ring (bicyclic) bond motifs is 1. The molecule has 1 unspecified atom stereocenters. The lowest BCUT2D eigenvalue weighted by molar-refractivity contribution is -0.142. The van der Waals surface area contributed by atoms with Gasteiger partial charge in [0.05, 0.1) is 25.0 Å². The van der Waals surface area contributed by atoms with Crippen molar-refractivity contribution in [1.29, 1.82) is 0 Å². The van der Waals surface area contributed by atoms with Gasteiger partial charge in [0.1, 0.15) is 0 Å². The summed E-state index contributed by atoms with van der Waals surface area (Å²) < 4.78 is 5.86. The van der Waals surface area contributed by atoms with Crippen LogP contribution < -0.4 is 0 Å². The zero-order chi connectivity index (χ0) is 18.8. The highest BCUT2D eigenvalue weighted by Crippen LogP contribution is 2.35. The fourth-order valence-electron chi connectivity index (χ4n) is 4.23. The van der Waals surface area contributed by atoms with Gasteiger partial charge in [0.25, 0.3) is 0 Å². The Bertz CT molecular complexity index is 835. The number of carbonyl (C=O) groups is 2. The standard InChI is InChI=1S/C22H23NO4/c24-21(12-20-17-9-5-4-8-16(17)10-11-27-20)23-13-18(19(14-23)22(25)26)15-6-2-1-3-7-15/h1-9,18-20H,10-14H2,(H,25,26)/t18-,19-,20?/m1/s1. The van der Waals surface area contributed by atoms with Crippen LogP contribution in [0, 0.1) is 5.92 Å². The summed E-state index contributed by atoms with van der Waals surface area (Å²) in [4.78, 5) is 26.4. The van der Waals surface area contributed by atoms with Crippen LogP contribution in [-0.2, 0) is 20.7 Å². The van der Waals surface area contributed by atoms with Crippen molar-refractivity contribution in [3.63, 3.8) is 0 Å². The van der Waals surface area contributed by atoms with E-state index < -0.39 is 11.9 Å². The van der Waals surface area contributed by atoms with Crippen LogP contribution in [0.4, 0.5) is 0 Å². The minimum atomic E-state index is -0.849. The Morgan fingerprint density at radius 1 is 1.04 bits per heavy atom. The van der Waals surface area contributed by atoms with Crippen molar-refractivity contribution in [2.45, 2.75) is 24.9 Å². The maximum Gasteiger partial charge on any atom is 0.308 e. The van der Waals surface area contributed by atoms with E-state index in [2.05, 4.69) is 6.07 Å². The molecule has 0 bridgehead atoms. The Kier molecular flexibility index (Phi) is 4.94. The van der Waals surface area contributed by atoms with Crippen molar-refractivity contribution in [3.05, 3.63) is 71.3 Å². The summed E-state index contributed by atoms with van der Waals surface area (Å²) in [6, 6.07) is 17.7. The molecule has 5 nitrogen and oxygen atoms in total. The Morgan fingerprint density at radius 3 is 2.56 bits per heavy atom. The van der Waals surface area contributed by atoms with Gasteiger partial charge in [0.2, 0.25) is 5.91 Å². The van der Waals surface area contributed by atoms with Crippen molar-refractivity contribution in [3.8, 4) is 0 Å². The highest BCUT2D eigenvalue weighted by molar-refractivity contribution is 5.80. The number of carboxylic acid groups (broad SMARTS) is 1. The third-order valence-electron chi connectivity index (χ3n) is 5.67. The highest BCUT2D eigenvalue weighted by atomic mass is 16.5. The van der Waals surface area contributed by atoms with Gasteiger partial charge in [-0.3, -0.25) is 9.59 Å².